The molecule has 2 aromatic rings. The summed E-state index contributed by atoms with van der Waals surface area (Å²) < 4.78 is 7.33. The van der Waals surface area contributed by atoms with Crippen LogP contribution in [0.15, 0.2) is 24.3 Å². The first-order valence-corrected chi connectivity index (χ1v) is 9.54. The van der Waals surface area contributed by atoms with Gasteiger partial charge in [0.1, 0.15) is 5.75 Å². The summed E-state index contributed by atoms with van der Waals surface area (Å²) in [5.41, 5.74) is 1.23. The van der Waals surface area contributed by atoms with Crippen molar-refractivity contribution >= 4 is 5.69 Å². The number of methoxy groups -OCH3 is 1. The van der Waals surface area contributed by atoms with Crippen LogP contribution in [0.4, 0.5) is 5.69 Å². The Morgan fingerprint density at radius 2 is 1.92 bits per heavy atom. The first-order valence-electron chi connectivity index (χ1n) is 9.54. The quantitative estimate of drug-likeness (QED) is 0.758. The van der Waals surface area contributed by atoms with E-state index in [4.69, 9.17) is 4.74 Å². The second-order valence-corrected chi connectivity index (χ2v) is 7.10. The van der Waals surface area contributed by atoms with Crippen LogP contribution >= 0.6 is 0 Å². The molecule has 3 rings (SSSR count). The molecule has 1 unspecified atom stereocenters. The topological polar surface area (TPSA) is 59.3 Å². The minimum Gasteiger partial charge on any atom is -0.497 e. The zero-order valence-electron chi connectivity index (χ0n) is 16.3. The first-order chi connectivity index (χ1) is 12.6. The fraction of sp³-hybridized carbons (Fsp3) is 0.632. The fourth-order valence-electron chi connectivity index (χ4n) is 3.64. The molecular formula is C19H30N6O. The Hall–Kier alpha value is -2.15. The van der Waals surface area contributed by atoms with Gasteiger partial charge in [0.25, 0.3) is 0 Å². The number of anilines is 1. The summed E-state index contributed by atoms with van der Waals surface area (Å²) in [7, 11) is 1.71. The van der Waals surface area contributed by atoms with Gasteiger partial charge in [-0.15, -0.1) is 5.10 Å². The smallest absolute Gasteiger partial charge is 0.168 e. The van der Waals surface area contributed by atoms with Crippen LogP contribution in [0, 0.1) is 0 Å². The van der Waals surface area contributed by atoms with E-state index < -0.39 is 0 Å². The molecule has 1 atom stereocenters. The molecule has 7 heteroatoms. The van der Waals surface area contributed by atoms with Gasteiger partial charge in [0.15, 0.2) is 5.82 Å². The number of rotatable bonds is 7. The van der Waals surface area contributed by atoms with Gasteiger partial charge in [0, 0.05) is 37.9 Å². The van der Waals surface area contributed by atoms with Crippen LogP contribution in [0.3, 0.4) is 0 Å². The summed E-state index contributed by atoms with van der Waals surface area (Å²) in [6, 6.07) is 8.86. The molecule has 1 fully saturated rings. The summed E-state index contributed by atoms with van der Waals surface area (Å²) in [5, 5.41) is 12.5. The number of hydrogen-bond donors (Lipinski definition) is 0. The van der Waals surface area contributed by atoms with Gasteiger partial charge in [-0.3, -0.25) is 4.90 Å². The molecule has 7 nitrogen and oxygen atoms in total. The van der Waals surface area contributed by atoms with Crippen molar-refractivity contribution in [3.8, 4) is 5.75 Å². The molecule has 142 valence electrons. The number of tetrazole rings is 1. The van der Waals surface area contributed by atoms with E-state index >= 15 is 0 Å². The van der Waals surface area contributed by atoms with Crippen LogP contribution in [0.5, 0.6) is 5.75 Å². The average molecular weight is 358 g/mol. The summed E-state index contributed by atoms with van der Waals surface area (Å²) >= 11 is 0. The van der Waals surface area contributed by atoms with E-state index in [0.29, 0.717) is 0 Å². The molecule has 1 aliphatic heterocycles. The van der Waals surface area contributed by atoms with Gasteiger partial charge in [-0.1, -0.05) is 19.4 Å². The maximum absolute atomic E-state index is 5.36. The van der Waals surface area contributed by atoms with Crippen LogP contribution in [0.25, 0.3) is 0 Å². The van der Waals surface area contributed by atoms with E-state index in [9.17, 15) is 0 Å². The molecule has 2 heterocycles. The van der Waals surface area contributed by atoms with Crippen molar-refractivity contribution in [1.29, 1.82) is 0 Å². The molecule has 0 radical (unpaired) electrons. The van der Waals surface area contributed by atoms with E-state index in [1.54, 1.807) is 7.11 Å². The number of nitrogens with zero attached hydrogens (tertiary/aromatic N) is 6. The third kappa shape index (κ3) is 3.98. The van der Waals surface area contributed by atoms with Gasteiger partial charge < -0.3 is 9.64 Å². The molecule has 0 aliphatic carbocycles. The summed E-state index contributed by atoms with van der Waals surface area (Å²) in [6.07, 6.45) is 2.19. The predicted molar refractivity (Wildman–Crippen MR) is 103 cm³/mol. The molecule has 0 amide bonds. The molecule has 1 aliphatic rings. The monoisotopic (exact) mass is 358 g/mol. The van der Waals surface area contributed by atoms with Crippen molar-refractivity contribution < 1.29 is 4.74 Å². The highest BCUT2D eigenvalue weighted by Gasteiger charge is 2.29. The molecule has 0 saturated carbocycles. The molecule has 0 spiro atoms. The van der Waals surface area contributed by atoms with E-state index in [2.05, 4.69) is 64.3 Å². The molecular weight excluding hydrogens is 328 g/mol. The van der Waals surface area contributed by atoms with Crippen molar-refractivity contribution in [2.45, 2.75) is 45.7 Å². The largest absolute Gasteiger partial charge is 0.497 e. The Balaban J connectivity index is 1.71. The SMILES string of the molecule is CCCC(c1nnnn1C(C)C)N1CCN(c2cccc(OC)c2)CC1. The van der Waals surface area contributed by atoms with E-state index in [1.165, 1.54) is 5.69 Å². The first kappa shape index (κ1) is 18.6. The highest BCUT2D eigenvalue weighted by molar-refractivity contribution is 5.51. The Kier molecular flexibility index (Phi) is 6.08. The van der Waals surface area contributed by atoms with Crippen LogP contribution in [0.2, 0.25) is 0 Å². The lowest BCUT2D eigenvalue weighted by atomic mass is 10.1. The summed E-state index contributed by atoms with van der Waals surface area (Å²) in [6.45, 7) is 10.5. The standard InChI is InChI=1S/C19H30N6O/c1-5-7-18(19-20-21-22-25(19)15(2)3)24-12-10-23(11-13-24)16-8-6-9-17(14-16)26-4/h6,8-9,14-15,18H,5,7,10-13H2,1-4H3. The predicted octanol–water partition coefficient (Wildman–Crippen LogP) is 2.93. The van der Waals surface area contributed by atoms with Gasteiger partial charge in [-0.05, 0) is 42.8 Å². The normalized spacial score (nSPS) is 16.9. The van der Waals surface area contributed by atoms with Crippen LogP contribution < -0.4 is 9.64 Å². The Morgan fingerprint density at radius 3 is 2.58 bits per heavy atom. The minimum absolute atomic E-state index is 0.275. The number of benzene rings is 1. The van der Waals surface area contributed by atoms with Crippen molar-refractivity contribution in [1.82, 2.24) is 25.1 Å². The second kappa shape index (κ2) is 8.49. The molecule has 1 aromatic carbocycles. The molecule has 0 bridgehead atoms. The van der Waals surface area contributed by atoms with Crippen LogP contribution in [-0.4, -0.2) is 58.4 Å². The minimum atomic E-state index is 0.275. The van der Waals surface area contributed by atoms with Crippen molar-refractivity contribution in [2.75, 3.05) is 38.2 Å². The van der Waals surface area contributed by atoms with Crippen molar-refractivity contribution in [3.05, 3.63) is 30.1 Å². The molecule has 1 saturated heterocycles. The van der Waals surface area contributed by atoms with Crippen LogP contribution in [-0.2, 0) is 0 Å². The Bertz CT molecular complexity index is 693. The number of ether oxygens (including phenoxy) is 1. The van der Waals surface area contributed by atoms with Crippen molar-refractivity contribution in [2.24, 2.45) is 0 Å². The highest BCUT2D eigenvalue weighted by atomic mass is 16.5. The van der Waals surface area contributed by atoms with E-state index in [-0.39, 0.29) is 12.1 Å². The zero-order valence-corrected chi connectivity index (χ0v) is 16.3. The maximum atomic E-state index is 5.36. The maximum Gasteiger partial charge on any atom is 0.168 e. The molecule has 1 aromatic heterocycles. The fourth-order valence-corrected chi connectivity index (χ4v) is 3.64. The van der Waals surface area contributed by atoms with Gasteiger partial charge in [-0.2, -0.15) is 0 Å². The van der Waals surface area contributed by atoms with Gasteiger partial charge in [-0.25, -0.2) is 4.68 Å². The Morgan fingerprint density at radius 1 is 1.15 bits per heavy atom. The lowest BCUT2D eigenvalue weighted by molar-refractivity contribution is 0.162. The number of hydrogen-bond acceptors (Lipinski definition) is 6. The lowest BCUT2D eigenvalue weighted by Crippen LogP contribution is -2.48. The van der Waals surface area contributed by atoms with Crippen molar-refractivity contribution in [3.63, 3.8) is 0 Å². The number of piperazine rings is 1. The zero-order chi connectivity index (χ0) is 18.5. The molecule has 0 N–H and O–H groups in total. The number of aromatic nitrogens is 4. The van der Waals surface area contributed by atoms with E-state index in [0.717, 1.165) is 50.6 Å². The van der Waals surface area contributed by atoms with Gasteiger partial charge in [0.05, 0.1) is 19.2 Å². The van der Waals surface area contributed by atoms with Gasteiger partial charge in [0.2, 0.25) is 0 Å². The third-order valence-electron chi connectivity index (χ3n) is 5.04. The second-order valence-electron chi connectivity index (χ2n) is 7.10. The lowest BCUT2D eigenvalue weighted by Gasteiger charge is -2.40. The summed E-state index contributed by atoms with van der Waals surface area (Å²) in [5.74, 6) is 1.90. The third-order valence-corrected chi connectivity index (χ3v) is 5.04. The average Bonchev–Trinajstić information content (AvgIpc) is 3.16. The van der Waals surface area contributed by atoms with E-state index in [1.807, 2.05) is 10.7 Å². The summed E-state index contributed by atoms with van der Waals surface area (Å²) in [4.78, 5) is 4.96. The van der Waals surface area contributed by atoms with Gasteiger partial charge >= 0.3 is 0 Å². The Labute approximate surface area is 155 Å². The highest BCUT2D eigenvalue weighted by Crippen LogP contribution is 2.28. The van der Waals surface area contributed by atoms with Crippen LogP contribution in [0.1, 0.15) is 51.5 Å². The molecule has 26 heavy (non-hydrogen) atoms.